The predicted molar refractivity (Wildman–Crippen MR) is 134 cm³/mol. The van der Waals surface area contributed by atoms with Crippen molar-refractivity contribution in [3.8, 4) is 0 Å². The maximum absolute atomic E-state index is 12.5. The lowest BCUT2D eigenvalue weighted by Crippen LogP contribution is -2.39. The third-order valence-corrected chi connectivity index (χ3v) is 5.20. The van der Waals surface area contributed by atoms with Crippen LogP contribution in [0.1, 0.15) is 58.1 Å². The number of carbonyl (C=O) groups is 1. The average Bonchev–Trinajstić information content (AvgIpc) is 3.14. The average molecular weight is 530 g/mol. The number of guanidine groups is 1. The van der Waals surface area contributed by atoms with E-state index >= 15 is 0 Å². The maximum atomic E-state index is 12.5. The van der Waals surface area contributed by atoms with Crippen molar-refractivity contribution in [2.45, 2.75) is 66.2 Å². The molecule has 1 aromatic carbocycles. The van der Waals surface area contributed by atoms with E-state index in [9.17, 15) is 4.79 Å². The largest absolute Gasteiger partial charge is 0.378 e. The first kappa shape index (κ1) is 26.7. The molecule has 0 aliphatic carbocycles. The molecule has 0 saturated carbocycles. The van der Waals surface area contributed by atoms with Gasteiger partial charge in [-0.25, -0.2) is 0 Å². The number of amides is 1. The van der Waals surface area contributed by atoms with Gasteiger partial charge in [-0.05, 0) is 43.7 Å². The van der Waals surface area contributed by atoms with Crippen LogP contribution in [0, 0.1) is 5.92 Å². The zero-order valence-electron chi connectivity index (χ0n) is 18.9. The summed E-state index contributed by atoms with van der Waals surface area (Å²) in [5.41, 5.74) is 2.54. The first-order chi connectivity index (χ1) is 14.0. The highest BCUT2D eigenvalue weighted by Gasteiger charge is 2.22. The Labute approximate surface area is 199 Å². The lowest BCUT2D eigenvalue weighted by molar-refractivity contribution is -0.131. The molecule has 1 aliphatic heterocycles. The first-order valence-corrected chi connectivity index (χ1v) is 11.0. The minimum absolute atomic E-state index is 0. The summed E-state index contributed by atoms with van der Waals surface area (Å²) in [5, 5.41) is 6.66. The molecule has 0 spiro atoms. The van der Waals surface area contributed by atoms with Crippen molar-refractivity contribution in [3.63, 3.8) is 0 Å². The lowest BCUT2D eigenvalue weighted by atomic mass is 10.0. The number of hydrogen-bond donors (Lipinski definition) is 2. The highest BCUT2D eigenvalue weighted by Crippen LogP contribution is 2.22. The Balaban J connectivity index is 0.00000450. The van der Waals surface area contributed by atoms with Crippen molar-refractivity contribution < 1.29 is 9.53 Å². The van der Waals surface area contributed by atoms with Gasteiger partial charge in [0.05, 0.1) is 6.10 Å². The Hall–Kier alpha value is -1.35. The number of nitrogens with zero attached hydrogens (tertiary/aromatic N) is 2. The van der Waals surface area contributed by atoms with Crippen LogP contribution in [0.4, 0.5) is 0 Å². The second-order valence-electron chi connectivity index (χ2n) is 7.84. The molecular weight excluding hydrogens is 491 g/mol. The molecular formula is C23H39IN4O2. The topological polar surface area (TPSA) is 66.0 Å². The first-order valence-electron chi connectivity index (χ1n) is 11.0. The summed E-state index contributed by atoms with van der Waals surface area (Å²) in [6.45, 7) is 13.0. The van der Waals surface area contributed by atoms with Gasteiger partial charge < -0.3 is 20.3 Å². The summed E-state index contributed by atoms with van der Waals surface area (Å²) < 4.78 is 5.80. The molecule has 2 rings (SSSR count). The van der Waals surface area contributed by atoms with Crippen LogP contribution in [-0.4, -0.2) is 49.1 Å². The van der Waals surface area contributed by atoms with E-state index in [1.807, 2.05) is 24.0 Å². The van der Waals surface area contributed by atoms with E-state index in [0.717, 1.165) is 51.6 Å². The van der Waals surface area contributed by atoms with Crippen LogP contribution in [0.25, 0.3) is 0 Å². The summed E-state index contributed by atoms with van der Waals surface area (Å²) in [5.74, 6) is 1.53. The highest BCUT2D eigenvalue weighted by molar-refractivity contribution is 14.0. The van der Waals surface area contributed by atoms with Crippen molar-refractivity contribution in [2.24, 2.45) is 10.9 Å². The van der Waals surface area contributed by atoms with Gasteiger partial charge in [0.1, 0.15) is 0 Å². The van der Waals surface area contributed by atoms with Gasteiger partial charge >= 0.3 is 0 Å². The summed E-state index contributed by atoms with van der Waals surface area (Å²) >= 11 is 0. The maximum Gasteiger partial charge on any atom is 0.223 e. The molecule has 1 heterocycles. The van der Waals surface area contributed by atoms with Gasteiger partial charge in [-0.3, -0.25) is 9.79 Å². The zero-order valence-corrected chi connectivity index (χ0v) is 21.3. The summed E-state index contributed by atoms with van der Waals surface area (Å²) in [6, 6.07) is 8.29. The molecule has 2 N–H and O–H groups in total. The number of benzene rings is 1. The fraction of sp³-hybridized carbons (Fsp3) is 0.652. The Bertz CT molecular complexity index is 641. The number of rotatable bonds is 11. The van der Waals surface area contributed by atoms with Crippen LogP contribution in [-0.2, 0) is 22.6 Å². The molecule has 30 heavy (non-hydrogen) atoms. The molecule has 1 aliphatic rings. The van der Waals surface area contributed by atoms with E-state index in [2.05, 4.69) is 48.5 Å². The standard InChI is InChI=1S/C23H38N4O2.HI/c1-5-24-23(26-15-13-21(18(3)4)29-6-2)25-14-9-12-22(28)27-16-19-10-7-8-11-20(19)17-27;/h7-8,10-11,18,21H,5-6,9,12-17H2,1-4H3,(H2,24,25,26);1H. The SMILES string of the molecule is CCNC(=NCCCC(=O)N1Cc2ccccc2C1)NCCC(OCC)C(C)C.I. The van der Waals surface area contributed by atoms with Crippen molar-refractivity contribution >= 4 is 35.8 Å². The van der Waals surface area contributed by atoms with Crippen molar-refractivity contribution in [1.82, 2.24) is 15.5 Å². The van der Waals surface area contributed by atoms with Crippen molar-refractivity contribution in [1.29, 1.82) is 0 Å². The molecule has 1 atom stereocenters. The Morgan fingerprint density at radius 3 is 2.40 bits per heavy atom. The van der Waals surface area contributed by atoms with Gasteiger partial charge in [0.2, 0.25) is 5.91 Å². The number of fused-ring (bicyclic) bond motifs is 1. The normalized spacial score (nSPS) is 14.3. The Morgan fingerprint density at radius 2 is 1.83 bits per heavy atom. The Kier molecular flexibility index (Phi) is 13.0. The predicted octanol–water partition coefficient (Wildman–Crippen LogP) is 3.93. The van der Waals surface area contributed by atoms with Gasteiger partial charge in [0.25, 0.3) is 0 Å². The molecule has 1 aromatic rings. The minimum Gasteiger partial charge on any atom is -0.378 e. The molecule has 170 valence electrons. The zero-order chi connectivity index (χ0) is 21.1. The molecule has 0 fully saturated rings. The number of carbonyl (C=O) groups excluding carboxylic acids is 1. The molecule has 0 bridgehead atoms. The highest BCUT2D eigenvalue weighted by atomic mass is 127. The molecule has 0 saturated heterocycles. The lowest BCUT2D eigenvalue weighted by Gasteiger charge is -2.21. The van der Waals surface area contributed by atoms with Crippen LogP contribution < -0.4 is 10.6 Å². The van der Waals surface area contributed by atoms with Gasteiger partial charge in [-0.15, -0.1) is 24.0 Å². The molecule has 0 radical (unpaired) electrons. The van der Waals surface area contributed by atoms with E-state index in [1.165, 1.54) is 11.1 Å². The molecule has 7 heteroatoms. The third kappa shape index (κ3) is 8.79. The number of ether oxygens (including phenoxy) is 1. The molecule has 1 unspecified atom stereocenters. The van der Waals surface area contributed by atoms with Gasteiger partial charge in [-0.2, -0.15) is 0 Å². The van der Waals surface area contributed by atoms with Crippen LogP contribution in [0.2, 0.25) is 0 Å². The fourth-order valence-corrected chi connectivity index (χ4v) is 3.59. The van der Waals surface area contributed by atoms with Gasteiger partial charge in [0, 0.05) is 45.8 Å². The second kappa shape index (κ2) is 14.6. The molecule has 0 aromatic heterocycles. The minimum atomic E-state index is 0. The smallest absolute Gasteiger partial charge is 0.223 e. The van der Waals surface area contributed by atoms with Crippen LogP contribution in [0.15, 0.2) is 29.3 Å². The monoisotopic (exact) mass is 530 g/mol. The van der Waals surface area contributed by atoms with Crippen LogP contribution >= 0.6 is 24.0 Å². The van der Waals surface area contributed by atoms with E-state index < -0.39 is 0 Å². The summed E-state index contributed by atoms with van der Waals surface area (Å²) in [7, 11) is 0. The number of aliphatic imine (C=N–C) groups is 1. The van der Waals surface area contributed by atoms with Crippen molar-refractivity contribution in [3.05, 3.63) is 35.4 Å². The van der Waals surface area contributed by atoms with E-state index in [-0.39, 0.29) is 36.0 Å². The second-order valence-corrected chi connectivity index (χ2v) is 7.84. The summed E-state index contributed by atoms with van der Waals surface area (Å²) in [6.07, 6.45) is 2.51. The van der Waals surface area contributed by atoms with E-state index in [4.69, 9.17) is 4.74 Å². The van der Waals surface area contributed by atoms with Gasteiger partial charge in [-0.1, -0.05) is 38.1 Å². The summed E-state index contributed by atoms with van der Waals surface area (Å²) in [4.78, 5) is 19.1. The van der Waals surface area contributed by atoms with Crippen molar-refractivity contribution in [2.75, 3.05) is 26.2 Å². The van der Waals surface area contributed by atoms with Crippen LogP contribution in [0.3, 0.4) is 0 Å². The van der Waals surface area contributed by atoms with E-state index in [1.54, 1.807) is 0 Å². The van der Waals surface area contributed by atoms with E-state index in [0.29, 0.717) is 18.9 Å². The third-order valence-electron chi connectivity index (χ3n) is 5.20. The Morgan fingerprint density at radius 1 is 1.17 bits per heavy atom. The van der Waals surface area contributed by atoms with Crippen LogP contribution in [0.5, 0.6) is 0 Å². The number of nitrogens with one attached hydrogen (secondary N) is 2. The number of hydrogen-bond acceptors (Lipinski definition) is 3. The fourth-order valence-electron chi connectivity index (χ4n) is 3.59. The van der Waals surface area contributed by atoms with Gasteiger partial charge in [0.15, 0.2) is 5.96 Å². The molecule has 6 nitrogen and oxygen atoms in total. The number of halogens is 1. The molecule has 1 amide bonds. The quantitative estimate of drug-likeness (QED) is 0.197.